The molecule has 0 unspecified atom stereocenters. The van der Waals surface area contributed by atoms with Crippen LogP contribution in [0.3, 0.4) is 0 Å². The molecule has 0 spiro atoms. The van der Waals surface area contributed by atoms with E-state index in [0.29, 0.717) is 0 Å². The normalized spacial score (nSPS) is 12.7. The summed E-state index contributed by atoms with van der Waals surface area (Å²) in [4.78, 5) is 5.30. The van der Waals surface area contributed by atoms with Crippen LogP contribution in [0.5, 0.6) is 0 Å². The molecule has 0 aliphatic heterocycles. The highest BCUT2D eigenvalue weighted by Gasteiger charge is 2.04. The van der Waals surface area contributed by atoms with E-state index in [2.05, 4.69) is 22.2 Å². The minimum absolute atomic E-state index is 0.0777. The molecule has 2 N–H and O–H groups in total. The number of aryl methyl sites for hydroxylation is 1. The van der Waals surface area contributed by atoms with Gasteiger partial charge < -0.3 is 5.73 Å². The molecule has 2 rings (SSSR count). The zero-order valence-corrected chi connectivity index (χ0v) is 10.1. The Morgan fingerprint density at radius 2 is 2.00 bits per heavy atom. The Morgan fingerprint density at radius 3 is 2.50 bits per heavy atom. The third-order valence-corrected chi connectivity index (χ3v) is 3.34. The van der Waals surface area contributed by atoms with Crippen molar-refractivity contribution in [2.45, 2.75) is 23.0 Å². The van der Waals surface area contributed by atoms with Gasteiger partial charge in [0.2, 0.25) is 0 Å². The summed E-state index contributed by atoms with van der Waals surface area (Å²) in [5.74, 6) is 0. The Kier molecular flexibility index (Phi) is 3.26. The zero-order valence-electron chi connectivity index (χ0n) is 9.29. The highest BCUT2D eigenvalue weighted by atomic mass is 32.2. The van der Waals surface area contributed by atoms with Crippen molar-refractivity contribution in [2.75, 3.05) is 0 Å². The van der Waals surface area contributed by atoms with Crippen LogP contribution in [0.15, 0.2) is 40.6 Å². The summed E-state index contributed by atoms with van der Waals surface area (Å²) in [5, 5.41) is 4.91. The van der Waals surface area contributed by atoms with Crippen molar-refractivity contribution in [2.24, 2.45) is 12.8 Å². The second-order valence-electron chi connectivity index (χ2n) is 3.63. The maximum atomic E-state index is 5.79. The summed E-state index contributed by atoms with van der Waals surface area (Å²) in [6.45, 7) is 1.98. The maximum Gasteiger partial charge on any atom is 0.190 e. The fourth-order valence-electron chi connectivity index (χ4n) is 1.32. The van der Waals surface area contributed by atoms with Crippen molar-refractivity contribution in [3.8, 4) is 0 Å². The number of nitrogens with two attached hydrogens (primary N) is 1. The summed E-state index contributed by atoms with van der Waals surface area (Å²) >= 11 is 1.59. The molecule has 16 heavy (non-hydrogen) atoms. The summed E-state index contributed by atoms with van der Waals surface area (Å²) < 4.78 is 1.75. The van der Waals surface area contributed by atoms with Gasteiger partial charge in [0.25, 0.3) is 0 Å². The molecule has 0 saturated carbocycles. The minimum atomic E-state index is 0.0777. The molecule has 0 amide bonds. The Labute approximate surface area is 98.9 Å². The molecule has 0 saturated heterocycles. The number of rotatable bonds is 3. The molecule has 1 aromatic carbocycles. The first-order valence-electron chi connectivity index (χ1n) is 5.04. The van der Waals surface area contributed by atoms with Crippen LogP contribution in [0.2, 0.25) is 0 Å². The fourth-order valence-corrected chi connectivity index (χ4v) is 2.08. The Balaban J connectivity index is 2.14. The molecule has 5 heteroatoms. The summed E-state index contributed by atoms with van der Waals surface area (Å²) in [7, 11) is 1.88. The summed E-state index contributed by atoms with van der Waals surface area (Å²) in [6, 6.07) is 8.27. The smallest absolute Gasteiger partial charge is 0.190 e. The quantitative estimate of drug-likeness (QED) is 0.882. The Hall–Kier alpha value is -1.33. The number of hydrogen-bond donors (Lipinski definition) is 1. The average molecular weight is 234 g/mol. The average Bonchev–Trinajstić information content (AvgIpc) is 2.65. The van der Waals surface area contributed by atoms with Crippen LogP contribution in [0.25, 0.3) is 0 Å². The van der Waals surface area contributed by atoms with Crippen molar-refractivity contribution >= 4 is 11.8 Å². The third kappa shape index (κ3) is 2.43. The second-order valence-corrected chi connectivity index (χ2v) is 4.67. The van der Waals surface area contributed by atoms with Crippen molar-refractivity contribution in [3.05, 3.63) is 36.2 Å². The highest BCUT2D eigenvalue weighted by Crippen LogP contribution is 2.25. The molecule has 0 aliphatic carbocycles. The number of aromatic nitrogens is 3. The standard InChI is InChI=1S/C11H14N4S/c1-8(12)9-3-5-10(6-4-9)16-11-13-7-14-15(11)2/h3-8H,12H2,1-2H3/t8-/m0/s1. The van der Waals surface area contributed by atoms with E-state index >= 15 is 0 Å². The molecule has 0 bridgehead atoms. The van der Waals surface area contributed by atoms with E-state index in [-0.39, 0.29) is 6.04 Å². The van der Waals surface area contributed by atoms with Gasteiger partial charge in [0.15, 0.2) is 5.16 Å². The SMILES string of the molecule is C[C@H](N)c1ccc(Sc2ncnn2C)cc1. The van der Waals surface area contributed by atoms with Crippen LogP contribution in [0, 0.1) is 0 Å². The van der Waals surface area contributed by atoms with Gasteiger partial charge in [-0.2, -0.15) is 5.10 Å². The van der Waals surface area contributed by atoms with Gasteiger partial charge in [-0.05, 0) is 24.6 Å². The van der Waals surface area contributed by atoms with Crippen LogP contribution >= 0.6 is 11.8 Å². The largest absolute Gasteiger partial charge is 0.324 e. The van der Waals surface area contributed by atoms with Gasteiger partial charge in [0.05, 0.1) is 0 Å². The van der Waals surface area contributed by atoms with Crippen molar-refractivity contribution in [3.63, 3.8) is 0 Å². The predicted octanol–water partition coefficient (Wildman–Crippen LogP) is 1.99. The first-order chi connectivity index (χ1) is 7.66. The van der Waals surface area contributed by atoms with Crippen LogP contribution in [-0.4, -0.2) is 14.8 Å². The van der Waals surface area contributed by atoms with E-state index in [1.165, 1.54) is 0 Å². The molecule has 0 fully saturated rings. The number of nitrogens with zero attached hydrogens (tertiary/aromatic N) is 3. The molecule has 0 radical (unpaired) electrons. The minimum Gasteiger partial charge on any atom is -0.324 e. The van der Waals surface area contributed by atoms with E-state index in [4.69, 9.17) is 5.73 Å². The molecule has 4 nitrogen and oxygen atoms in total. The molecular weight excluding hydrogens is 220 g/mol. The highest BCUT2D eigenvalue weighted by molar-refractivity contribution is 7.99. The molecule has 1 aromatic heterocycles. The van der Waals surface area contributed by atoms with E-state index in [0.717, 1.165) is 15.6 Å². The van der Waals surface area contributed by atoms with E-state index in [9.17, 15) is 0 Å². The van der Waals surface area contributed by atoms with E-state index in [1.54, 1.807) is 22.8 Å². The van der Waals surface area contributed by atoms with E-state index in [1.807, 2.05) is 26.1 Å². The van der Waals surface area contributed by atoms with E-state index < -0.39 is 0 Å². The molecule has 1 heterocycles. The Morgan fingerprint density at radius 1 is 1.31 bits per heavy atom. The van der Waals surface area contributed by atoms with Gasteiger partial charge >= 0.3 is 0 Å². The van der Waals surface area contributed by atoms with Crippen LogP contribution in [0.1, 0.15) is 18.5 Å². The molecule has 84 valence electrons. The fraction of sp³-hybridized carbons (Fsp3) is 0.273. The van der Waals surface area contributed by atoms with Gasteiger partial charge in [-0.3, -0.25) is 0 Å². The first kappa shape index (κ1) is 11.2. The summed E-state index contributed by atoms with van der Waals surface area (Å²) in [6.07, 6.45) is 1.55. The topological polar surface area (TPSA) is 56.7 Å². The van der Waals surface area contributed by atoms with Crippen molar-refractivity contribution in [1.82, 2.24) is 14.8 Å². The van der Waals surface area contributed by atoms with Gasteiger partial charge in [0, 0.05) is 18.0 Å². The van der Waals surface area contributed by atoms with Gasteiger partial charge in [-0.15, -0.1) is 0 Å². The molecule has 2 aromatic rings. The number of hydrogen-bond acceptors (Lipinski definition) is 4. The molecular formula is C11H14N4S. The number of benzene rings is 1. The monoisotopic (exact) mass is 234 g/mol. The second kappa shape index (κ2) is 4.67. The lowest BCUT2D eigenvalue weighted by molar-refractivity contribution is 0.685. The van der Waals surface area contributed by atoms with Gasteiger partial charge in [-0.1, -0.05) is 23.9 Å². The third-order valence-electron chi connectivity index (χ3n) is 2.28. The molecule has 0 aliphatic rings. The van der Waals surface area contributed by atoms with Crippen LogP contribution in [0.4, 0.5) is 0 Å². The zero-order chi connectivity index (χ0) is 11.5. The van der Waals surface area contributed by atoms with Crippen molar-refractivity contribution in [1.29, 1.82) is 0 Å². The molecule has 1 atom stereocenters. The lowest BCUT2D eigenvalue weighted by atomic mass is 10.1. The van der Waals surface area contributed by atoms with Gasteiger partial charge in [-0.25, -0.2) is 9.67 Å². The first-order valence-corrected chi connectivity index (χ1v) is 5.86. The van der Waals surface area contributed by atoms with Gasteiger partial charge in [0.1, 0.15) is 6.33 Å². The van der Waals surface area contributed by atoms with Crippen LogP contribution < -0.4 is 5.73 Å². The lowest BCUT2D eigenvalue weighted by Gasteiger charge is -2.06. The lowest BCUT2D eigenvalue weighted by Crippen LogP contribution is -2.04. The maximum absolute atomic E-state index is 5.79. The predicted molar refractivity (Wildman–Crippen MR) is 64.2 cm³/mol. The van der Waals surface area contributed by atoms with Crippen LogP contribution in [-0.2, 0) is 7.05 Å². The Bertz CT molecular complexity index is 461. The summed E-state index contributed by atoms with van der Waals surface area (Å²) in [5.41, 5.74) is 6.93. The van der Waals surface area contributed by atoms with Crippen molar-refractivity contribution < 1.29 is 0 Å².